The summed E-state index contributed by atoms with van der Waals surface area (Å²) in [6.45, 7) is 1.50. The number of nitrogens with zero attached hydrogens (tertiary/aromatic N) is 3. The number of anilines is 2. The number of amides is 2. The number of benzene rings is 2. The maximum Gasteiger partial charge on any atom is 0.324 e. The zero-order chi connectivity index (χ0) is 18.4. The summed E-state index contributed by atoms with van der Waals surface area (Å²) in [5, 5.41) is 4.64. The Morgan fingerprint density at radius 1 is 1.07 bits per heavy atom. The Labute approximate surface area is 158 Å². The van der Waals surface area contributed by atoms with E-state index >= 15 is 0 Å². The lowest BCUT2D eigenvalue weighted by Crippen LogP contribution is -2.29. The largest absolute Gasteiger partial charge is 0.363 e. The molecule has 0 radical (unpaired) electrons. The number of fused-ring (bicyclic) bond motifs is 2. The summed E-state index contributed by atoms with van der Waals surface area (Å²) in [7, 11) is 1.84. The van der Waals surface area contributed by atoms with Crippen LogP contribution in [0.1, 0.15) is 23.6 Å². The van der Waals surface area contributed by atoms with Crippen molar-refractivity contribution >= 4 is 28.4 Å². The molecule has 2 aromatic carbocycles. The molecule has 1 aromatic heterocycles. The first-order valence-electron chi connectivity index (χ1n) is 9.47. The summed E-state index contributed by atoms with van der Waals surface area (Å²) in [6, 6.07) is 19.2. The fraction of sp³-hybridized carbons (Fsp3) is 0.273. The highest BCUT2D eigenvalue weighted by Crippen LogP contribution is 2.33. The van der Waals surface area contributed by atoms with Gasteiger partial charge < -0.3 is 10.2 Å². The molecule has 1 fully saturated rings. The number of likely N-dealkylation sites (N-methyl/N-ethyl adjacent to an activating group) is 1. The molecule has 1 aliphatic heterocycles. The van der Waals surface area contributed by atoms with E-state index in [0.29, 0.717) is 6.04 Å². The van der Waals surface area contributed by atoms with Crippen molar-refractivity contribution in [2.45, 2.75) is 18.9 Å². The highest BCUT2D eigenvalue weighted by molar-refractivity contribution is 5.96. The molecule has 5 heteroatoms. The van der Waals surface area contributed by atoms with Crippen LogP contribution in [0, 0.1) is 0 Å². The van der Waals surface area contributed by atoms with Crippen LogP contribution in [0.2, 0.25) is 0 Å². The van der Waals surface area contributed by atoms with Gasteiger partial charge in [-0.3, -0.25) is 4.90 Å². The standard InChI is InChI=1S/C22H22N4O/c1-25-12-13-26(22(25)27)17-8-10-19-16(14-17)7-11-21(23-19)24-20-9-6-15-4-2-3-5-18(15)20/h2-5,7-8,10-11,14,20H,6,9,12-13H2,1H3,(H,23,24)/t20-/m1/s1. The molecule has 2 amide bonds. The van der Waals surface area contributed by atoms with Gasteiger partial charge in [0.05, 0.1) is 11.6 Å². The Bertz CT molecular complexity index is 1030. The van der Waals surface area contributed by atoms with Crippen LogP contribution in [0.25, 0.3) is 10.9 Å². The maximum absolute atomic E-state index is 12.2. The average Bonchev–Trinajstić information content (AvgIpc) is 3.25. The molecule has 5 nitrogen and oxygen atoms in total. The molecule has 0 unspecified atom stereocenters. The second-order valence-corrected chi connectivity index (χ2v) is 7.36. The van der Waals surface area contributed by atoms with E-state index in [0.717, 1.165) is 48.3 Å². The number of hydrogen-bond donors (Lipinski definition) is 1. The first-order chi connectivity index (χ1) is 13.2. The van der Waals surface area contributed by atoms with Crippen molar-refractivity contribution in [3.8, 4) is 0 Å². The van der Waals surface area contributed by atoms with Crippen LogP contribution in [0.4, 0.5) is 16.3 Å². The first-order valence-corrected chi connectivity index (χ1v) is 9.47. The smallest absolute Gasteiger partial charge is 0.324 e. The fourth-order valence-corrected chi connectivity index (χ4v) is 4.13. The van der Waals surface area contributed by atoms with Gasteiger partial charge in [0.25, 0.3) is 0 Å². The van der Waals surface area contributed by atoms with Gasteiger partial charge >= 0.3 is 6.03 Å². The zero-order valence-corrected chi connectivity index (χ0v) is 15.4. The third-order valence-corrected chi connectivity index (χ3v) is 5.66. The van der Waals surface area contributed by atoms with Gasteiger partial charge in [0.1, 0.15) is 5.82 Å². The number of carbonyl (C=O) groups is 1. The lowest BCUT2D eigenvalue weighted by Gasteiger charge is -2.17. The number of hydrogen-bond acceptors (Lipinski definition) is 3. The SMILES string of the molecule is CN1CCN(c2ccc3nc(N[C@@H]4CCc5ccccc54)ccc3c2)C1=O. The quantitative estimate of drug-likeness (QED) is 0.763. The summed E-state index contributed by atoms with van der Waals surface area (Å²) in [5.74, 6) is 0.897. The van der Waals surface area contributed by atoms with Crippen LogP contribution < -0.4 is 10.2 Å². The van der Waals surface area contributed by atoms with Crippen molar-refractivity contribution < 1.29 is 4.79 Å². The third kappa shape index (κ3) is 2.79. The molecule has 0 bridgehead atoms. The van der Waals surface area contributed by atoms with Gasteiger partial charge in [-0.05, 0) is 54.3 Å². The zero-order valence-electron chi connectivity index (χ0n) is 15.4. The molecule has 5 rings (SSSR count). The molecule has 1 atom stereocenters. The molecular weight excluding hydrogens is 336 g/mol. The van der Waals surface area contributed by atoms with Crippen LogP contribution >= 0.6 is 0 Å². The lowest BCUT2D eigenvalue weighted by molar-refractivity contribution is 0.229. The van der Waals surface area contributed by atoms with E-state index in [1.807, 2.05) is 36.2 Å². The molecule has 136 valence electrons. The summed E-state index contributed by atoms with van der Waals surface area (Å²) < 4.78 is 0. The van der Waals surface area contributed by atoms with Crippen molar-refractivity contribution in [2.75, 3.05) is 30.4 Å². The molecular formula is C22H22N4O. The summed E-state index contributed by atoms with van der Waals surface area (Å²) in [4.78, 5) is 20.6. The third-order valence-electron chi connectivity index (χ3n) is 5.66. The number of nitrogens with one attached hydrogen (secondary N) is 1. The summed E-state index contributed by atoms with van der Waals surface area (Å²) >= 11 is 0. The number of aromatic nitrogens is 1. The van der Waals surface area contributed by atoms with E-state index < -0.39 is 0 Å². The predicted octanol–water partition coefficient (Wildman–Crippen LogP) is 4.21. The molecule has 3 aromatic rings. The molecule has 27 heavy (non-hydrogen) atoms. The number of pyridine rings is 1. The van der Waals surface area contributed by atoms with Crippen molar-refractivity contribution in [3.63, 3.8) is 0 Å². The van der Waals surface area contributed by atoms with E-state index in [1.165, 1.54) is 11.1 Å². The van der Waals surface area contributed by atoms with Crippen LogP contribution in [-0.4, -0.2) is 36.1 Å². The van der Waals surface area contributed by atoms with Crippen molar-refractivity contribution in [2.24, 2.45) is 0 Å². The molecule has 1 saturated heterocycles. The second kappa shape index (κ2) is 6.27. The molecule has 0 spiro atoms. The topological polar surface area (TPSA) is 48.5 Å². The number of carbonyl (C=O) groups excluding carboxylic acids is 1. The number of rotatable bonds is 3. The molecule has 2 aliphatic rings. The van der Waals surface area contributed by atoms with Crippen LogP contribution in [0.15, 0.2) is 54.6 Å². The minimum atomic E-state index is 0.0560. The minimum absolute atomic E-state index is 0.0560. The normalized spacial score (nSPS) is 19.0. The molecule has 1 N–H and O–H groups in total. The Morgan fingerprint density at radius 2 is 1.96 bits per heavy atom. The minimum Gasteiger partial charge on any atom is -0.363 e. The van der Waals surface area contributed by atoms with Gasteiger partial charge in [-0.15, -0.1) is 0 Å². The van der Waals surface area contributed by atoms with Gasteiger partial charge in [-0.25, -0.2) is 9.78 Å². The lowest BCUT2D eigenvalue weighted by atomic mass is 10.1. The van der Waals surface area contributed by atoms with Crippen LogP contribution in [0.5, 0.6) is 0 Å². The van der Waals surface area contributed by atoms with Gasteiger partial charge in [0.15, 0.2) is 0 Å². The monoisotopic (exact) mass is 358 g/mol. The van der Waals surface area contributed by atoms with Crippen LogP contribution in [0.3, 0.4) is 0 Å². The second-order valence-electron chi connectivity index (χ2n) is 7.36. The Balaban J connectivity index is 1.40. The Morgan fingerprint density at radius 3 is 2.81 bits per heavy atom. The van der Waals surface area contributed by atoms with Gasteiger partial charge in [0.2, 0.25) is 0 Å². The summed E-state index contributed by atoms with van der Waals surface area (Å²) in [5.41, 5.74) is 4.69. The van der Waals surface area contributed by atoms with E-state index in [4.69, 9.17) is 4.98 Å². The predicted molar refractivity (Wildman–Crippen MR) is 108 cm³/mol. The van der Waals surface area contributed by atoms with E-state index in [1.54, 1.807) is 4.90 Å². The first kappa shape index (κ1) is 16.1. The van der Waals surface area contributed by atoms with E-state index in [2.05, 4.69) is 35.6 Å². The molecule has 0 saturated carbocycles. The Kier molecular flexibility index (Phi) is 3.74. The highest BCUT2D eigenvalue weighted by Gasteiger charge is 2.26. The fourth-order valence-electron chi connectivity index (χ4n) is 4.13. The number of aryl methyl sites for hydroxylation is 1. The van der Waals surface area contributed by atoms with Crippen molar-refractivity contribution in [3.05, 3.63) is 65.7 Å². The highest BCUT2D eigenvalue weighted by atomic mass is 16.2. The maximum atomic E-state index is 12.2. The van der Waals surface area contributed by atoms with Crippen molar-refractivity contribution in [1.29, 1.82) is 0 Å². The van der Waals surface area contributed by atoms with Gasteiger partial charge in [-0.2, -0.15) is 0 Å². The van der Waals surface area contributed by atoms with E-state index in [-0.39, 0.29) is 6.03 Å². The average molecular weight is 358 g/mol. The summed E-state index contributed by atoms with van der Waals surface area (Å²) in [6.07, 6.45) is 2.21. The Hall–Kier alpha value is -3.08. The molecule has 2 heterocycles. The van der Waals surface area contributed by atoms with Gasteiger partial charge in [0, 0.05) is 31.2 Å². The number of urea groups is 1. The molecule has 1 aliphatic carbocycles. The van der Waals surface area contributed by atoms with Gasteiger partial charge in [-0.1, -0.05) is 24.3 Å². The van der Waals surface area contributed by atoms with Crippen LogP contribution in [-0.2, 0) is 6.42 Å². The van der Waals surface area contributed by atoms with Crippen molar-refractivity contribution in [1.82, 2.24) is 9.88 Å². The van der Waals surface area contributed by atoms with E-state index in [9.17, 15) is 4.79 Å².